The van der Waals surface area contributed by atoms with Crippen molar-refractivity contribution in [3.63, 3.8) is 0 Å². The molecule has 3 aromatic rings. The molecule has 1 aromatic heterocycles. The van der Waals surface area contributed by atoms with Crippen molar-refractivity contribution >= 4 is 39.2 Å². The van der Waals surface area contributed by atoms with Gasteiger partial charge in [-0.1, -0.05) is 12.1 Å². The Hall–Kier alpha value is -3.83. The van der Waals surface area contributed by atoms with Gasteiger partial charge in [0.05, 0.1) is 5.69 Å². The monoisotopic (exact) mass is 511 g/mol. The van der Waals surface area contributed by atoms with Crippen molar-refractivity contribution in [3.05, 3.63) is 66.1 Å². The molecule has 0 saturated carbocycles. The topological polar surface area (TPSA) is 133 Å². The molecule has 2 aliphatic heterocycles. The molecule has 0 amide bonds. The molecule has 36 heavy (non-hydrogen) atoms. The number of likely N-dealkylation sites (N-methyl/N-ethyl adjacent to an activating group) is 1. The molecule has 0 unspecified atom stereocenters. The minimum Gasteiger partial charge on any atom is -0.367 e. The van der Waals surface area contributed by atoms with E-state index in [2.05, 4.69) is 25.5 Å². The largest absolute Gasteiger partial charge is 0.407 e. The van der Waals surface area contributed by atoms with Crippen molar-refractivity contribution in [2.75, 3.05) is 48.8 Å². The molecular formula is C23H22FN7O4S. The minimum atomic E-state index is -4.17. The average molecular weight is 512 g/mol. The van der Waals surface area contributed by atoms with Crippen LogP contribution in [0.25, 0.3) is 0 Å². The molecule has 2 saturated heterocycles. The van der Waals surface area contributed by atoms with Crippen LogP contribution in [0.1, 0.15) is 5.56 Å². The van der Waals surface area contributed by atoms with Gasteiger partial charge >= 0.3 is 16.2 Å². The first kappa shape index (κ1) is 23.9. The second kappa shape index (κ2) is 9.32. The number of nitrogens with zero attached hydrogens (tertiary/aromatic N) is 5. The second-order valence-electron chi connectivity index (χ2n) is 8.36. The summed E-state index contributed by atoms with van der Waals surface area (Å²) in [7, 11) is -2.13. The number of halogens is 1. The average Bonchev–Trinajstić information content (AvgIpc) is 2.83. The number of hydrogen-bond donors (Lipinski definition) is 2. The lowest BCUT2D eigenvalue weighted by Gasteiger charge is -2.34. The van der Waals surface area contributed by atoms with Crippen molar-refractivity contribution in [1.29, 1.82) is 5.26 Å². The van der Waals surface area contributed by atoms with E-state index in [-0.39, 0.29) is 17.3 Å². The predicted molar refractivity (Wildman–Crippen MR) is 130 cm³/mol. The predicted octanol–water partition coefficient (Wildman–Crippen LogP) is 2.82. The first-order valence-electron chi connectivity index (χ1n) is 11.0. The molecule has 0 aliphatic carbocycles. The minimum absolute atomic E-state index is 0.202. The molecule has 0 spiro atoms. The summed E-state index contributed by atoms with van der Waals surface area (Å²) in [6.45, 7) is 3.29. The fraction of sp³-hybridized carbons (Fsp3) is 0.261. The maximum absolute atomic E-state index is 14.8. The van der Waals surface area contributed by atoms with Gasteiger partial charge in [-0.15, -0.1) is 0 Å². The van der Waals surface area contributed by atoms with Gasteiger partial charge in [-0.05, 0) is 43.4 Å². The van der Waals surface area contributed by atoms with Crippen LogP contribution in [0.5, 0.6) is 0 Å². The summed E-state index contributed by atoms with van der Waals surface area (Å²) in [6, 6.07) is 14.6. The van der Waals surface area contributed by atoms with E-state index >= 15 is 0 Å². The highest BCUT2D eigenvalue weighted by Gasteiger charge is 2.54. The zero-order chi connectivity index (χ0) is 25.3. The Bertz CT molecular complexity index is 1430. The molecule has 13 heteroatoms. The Kier molecular flexibility index (Phi) is 6.19. The Labute approximate surface area is 207 Å². The number of nitrogens with one attached hydrogen (secondary N) is 2. The van der Waals surface area contributed by atoms with E-state index < -0.39 is 16.2 Å². The Balaban J connectivity index is 1.28. The molecule has 3 heterocycles. The molecule has 2 aromatic carbocycles. The molecule has 0 radical (unpaired) electrons. The Morgan fingerprint density at radius 3 is 2.50 bits per heavy atom. The Morgan fingerprint density at radius 2 is 1.81 bits per heavy atom. The number of aromatic nitrogens is 2. The van der Waals surface area contributed by atoms with E-state index in [1.54, 1.807) is 36.4 Å². The molecule has 0 bridgehead atoms. The van der Waals surface area contributed by atoms with Gasteiger partial charge in [0.15, 0.2) is 0 Å². The van der Waals surface area contributed by atoms with Crippen molar-refractivity contribution in [2.24, 2.45) is 0 Å². The number of anilines is 5. The second-order valence-corrected chi connectivity index (χ2v) is 9.51. The summed E-state index contributed by atoms with van der Waals surface area (Å²) < 4.78 is 46.7. The summed E-state index contributed by atoms with van der Waals surface area (Å²) in [5.74, 6) is -1.69. The summed E-state index contributed by atoms with van der Waals surface area (Å²) >= 11 is 0. The lowest BCUT2D eigenvalue weighted by atomic mass is 10.1. The quantitative estimate of drug-likeness (QED) is 0.506. The maximum Gasteiger partial charge on any atom is 0.407 e. The lowest BCUT2D eigenvalue weighted by Crippen LogP contribution is -2.46. The first-order chi connectivity index (χ1) is 17.2. The first-order valence-corrected chi connectivity index (χ1v) is 12.4. The van der Waals surface area contributed by atoms with Gasteiger partial charge in [0.1, 0.15) is 17.7 Å². The van der Waals surface area contributed by atoms with Crippen LogP contribution >= 0.6 is 0 Å². The van der Waals surface area contributed by atoms with E-state index in [0.29, 0.717) is 22.9 Å². The molecule has 0 atom stereocenters. The van der Waals surface area contributed by atoms with Gasteiger partial charge < -0.3 is 20.4 Å². The van der Waals surface area contributed by atoms with Crippen LogP contribution in [-0.4, -0.2) is 56.5 Å². The third kappa shape index (κ3) is 4.93. The highest BCUT2D eigenvalue weighted by Crippen LogP contribution is 2.40. The molecule has 186 valence electrons. The normalized spacial score (nSPS) is 18.6. The summed E-state index contributed by atoms with van der Waals surface area (Å²) in [5.41, 5.74) is 1.77. The maximum atomic E-state index is 14.8. The van der Waals surface area contributed by atoms with Gasteiger partial charge in [-0.2, -0.15) is 27.0 Å². The number of hydrogen-bond acceptors (Lipinski definition) is 11. The van der Waals surface area contributed by atoms with Crippen LogP contribution in [0, 0.1) is 17.1 Å². The lowest BCUT2D eigenvalue weighted by molar-refractivity contribution is -0.149. The molecule has 5 rings (SSSR count). The van der Waals surface area contributed by atoms with Crippen LogP contribution in [0.2, 0.25) is 0 Å². The number of rotatable bonds is 6. The van der Waals surface area contributed by atoms with E-state index in [4.69, 9.17) is 8.37 Å². The van der Waals surface area contributed by atoms with Crippen molar-refractivity contribution in [1.82, 2.24) is 14.9 Å². The fourth-order valence-corrected chi connectivity index (χ4v) is 4.80. The van der Waals surface area contributed by atoms with Crippen LogP contribution < -0.4 is 15.5 Å². The van der Waals surface area contributed by atoms with Gasteiger partial charge in [0.2, 0.25) is 5.95 Å². The molecule has 2 fully saturated rings. The summed E-state index contributed by atoms with van der Waals surface area (Å²) in [5, 5.41) is 15.4. The van der Waals surface area contributed by atoms with Crippen molar-refractivity contribution < 1.29 is 21.2 Å². The molecule has 2 aliphatic rings. The van der Waals surface area contributed by atoms with E-state index in [9.17, 15) is 18.1 Å². The van der Waals surface area contributed by atoms with Crippen LogP contribution in [0.3, 0.4) is 0 Å². The molecular weight excluding hydrogens is 489 g/mol. The van der Waals surface area contributed by atoms with Gasteiger partial charge in [0, 0.05) is 49.3 Å². The van der Waals surface area contributed by atoms with Crippen molar-refractivity contribution in [3.8, 4) is 6.07 Å². The van der Waals surface area contributed by atoms with Gasteiger partial charge in [-0.3, -0.25) is 0 Å². The smallest absolute Gasteiger partial charge is 0.367 e. The van der Waals surface area contributed by atoms with E-state index in [0.717, 1.165) is 26.2 Å². The van der Waals surface area contributed by atoms with Gasteiger partial charge in [-0.25, -0.2) is 9.37 Å². The number of nitriles is 1. The fourth-order valence-electron chi connectivity index (χ4n) is 3.95. The molecule has 11 nitrogen and oxygen atoms in total. The SMILES string of the molecule is CN1CCN(c2ccc(Nc3nccc(Nc4cccc(C5(C#N)OS(=O)(=O)O5)c4)n3)cc2F)CC1. The highest BCUT2D eigenvalue weighted by molar-refractivity contribution is 7.82. The number of benzene rings is 2. The summed E-state index contributed by atoms with van der Waals surface area (Å²) in [4.78, 5) is 12.8. The third-order valence-electron chi connectivity index (χ3n) is 5.80. The van der Waals surface area contributed by atoms with E-state index in [1.807, 2.05) is 11.9 Å². The van der Waals surface area contributed by atoms with Crippen LogP contribution in [-0.2, 0) is 24.6 Å². The Morgan fingerprint density at radius 1 is 1.06 bits per heavy atom. The van der Waals surface area contributed by atoms with Crippen molar-refractivity contribution in [2.45, 2.75) is 5.79 Å². The van der Waals surface area contributed by atoms with Gasteiger partial charge in [0.25, 0.3) is 0 Å². The third-order valence-corrected chi connectivity index (χ3v) is 6.68. The zero-order valence-corrected chi connectivity index (χ0v) is 20.0. The van der Waals surface area contributed by atoms with Crippen LogP contribution in [0.4, 0.5) is 33.2 Å². The van der Waals surface area contributed by atoms with Crippen LogP contribution in [0.15, 0.2) is 54.7 Å². The zero-order valence-electron chi connectivity index (χ0n) is 19.2. The standard InChI is InChI=1S/C23H22FN7O4S/c1-30-9-11-31(12-10-30)20-6-5-18(14-19(20)24)28-22-26-8-7-21(29-22)27-17-4-2-3-16(13-17)23(15-25)34-36(32,33)35-23/h2-8,13-14H,9-12H2,1H3,(H2,26,27,28,29). The van der Waals surface area contributed by atoms with E-state index in [1.165, 1.54) is 24.4 Å². The highest BCUT2D eigenvalue weighted by atomic mass is 32.3. The molecule has 2 N–H and O–H groups in total. The number of piperazine rings is 1. The summed E-state index contributed by atoms with van der Waals surface area (Å²) in [6.07, 6.45) is 1.53.